The Balaban J connectivity index is 2.06. The third-order valence-corrected chi connectivity index (χ3v) is 4.05. The first kappa shape index (κ1) is 13.7. The van der Waals surface area contributed by atoms with Gasteiger partial charge in [0.25, 0.3) is 0 Å². The maximum atomic E-state index is 12.0. The fourth-order valence-electron chi connectivity index (χ4n) is 2.53. The average molecular weight is 225 g/mol. The Morgan fingerprint density at radius 1 is 1.12 bits per heavy atom. The van der Waals surface area contributed by atoms with Crippen LogP contribution in [0.3, 0.4) is 0 Å². The average Bonchev–Trinajstić information content (AvgIpc) is 2.22. The molecule has 0 aromatic rings. The number of carbonyl (C=O) groups is 1. The molecule has 2 heteroatoms. The molecule has 94 valence electrons. The Labute approximate surface area is 100.0 Å². The topological polar surface area (TPSA) is 43.1 Å². The summed E-state index contributed by atoms with van der Waals surface area (Å²) in [4.78, 5) is 12.0. The van der Waals surface area contributed by atoms with Crippen molar-refractivity contribution in [2.24, 2.45) is 11.1 Å². The SMILES string of the molecule is CCCCCCCCC(=O)C1(CN)CCC1. The van der Waals surface area contributed by atoms with Crippen LogP contribution in [-0.4, -0.2) is 12.3 Å². The number of ketones is 1. The molecule has 1 fully saturated rings. The molecule has 1 aliphatic carbocycles. The highest BCUT2D eigenvalue weighted by molar-refractivity contribution is 5.85. The molecule has 0 aromatic heterocycles. The molecule has 0 radical (unpaired) electrons. The van der Waals surface area contributed by atoms with E-state index in [-0.39, 0.29) is 5.41 Å². The zero-order valence-electron chi connectivity index (χ0n) is 10.8. The summed E-state index contributed by atoms with van der Waals surface area (Å²) in [6, 6.07) is 0. The van der Waals surface area contributed by atoms with E-state index in [0.29, 0.717) is 12.3 Å². The molecule has 0 bridgehead atoms. The van der Waals surface area contributed by atoms with Crippen LogP contribution in [0.1, 0.15) is 71.1 Å². The van der Waals surface area contributed by atoms with E-state index in [9.17, 15) is 4.79 Å². The molecule has 0 aliphatic heterocycles. The van der Waals surface area contributed by atoms with Gasteiger partial charge in [-0.15, -0.1) is 0 Å². The highest BCUT2D eigenvalue weighted by atomic mass is 16.1. The predicted octanol–water partition coefficient (Wildman–Crippen LogP) is 3.44. The summed E-state index contributed by atoms with van der Waals surface area (Å²) in [6.07, 6.45) is 11.6. The van der Waals surface area contributed by atoms with Gasteiger partial charge in [0.2, 0.25) is 0 Å². The van der Waals surface area contributed by atoms with Crippen LogP contribution in [0.5, 0.6) is 0 Å². The summed E-state index contributed by atoms with van der Waals surface area (Å²) >= 11 is 0. The number of Topliss-reactive ketones (excluding diaryl/α,β-unsaturated/α-hetero) is 1. The van der Waals surface area contributed by atoms with Crippen molar-refractivity contribution in [3.8, 4) is 0 Å². The van der Waals surface area contributed by atoms with E-state index in [4.69, 9.17) is 5.73 Å². The molecular weight excluding hydrogens is 198 g/mol. The van der Waals surface area contributed by atoms with Crippen LogP contribution in [0.25, 0.3) is 0 Å². The number of carbonyl (C=O) groups excluding carboxylic acids is 1. The molecule has 0 amide bonds. The van der Waals surface area contributed by atoms with Crippen LogP contribution in [-0.2, 0) is 4.79 Å². The van der Waals surface area contributed by atoms with Gasteiger partial charge in [0, 0.05) is 18.4 Å². The van der Waals surface area contributed by atoms with E-state index in [1.54, 1.807) is 0 Å². The summed E-state index contributed by atoms with van der Waals surface area (Å²) in [7, 11) is 0. The summed E-state index contributed by atoms with van der Waals surface area (Å²) in [5, 5.41) is 0. The fraction of sp³-hybridized carbons (Fsp3) is 0.929. The van der Waals surface area contributed by atoms with Gasteiger partial charge in [-0.25, -0.2) is 0 Å². The van der Waals surface area contributed by atoms with Gasteiger partial charge < -0.3 is 5.73 Å². The molecule has 1 aliphatic rings. The molecule has 2 nitrogen and oxygen atoms in total. The first-order chi connectivity index (χ1) is 7.75. The molecular formula is C14H27NO. The normalized spacial score (nSPS) is 18.1. The zero-order valence-corrected chi connectivity index (χ0v) is 10.8. The highest BCUT2D eigenvalue weighted by Gasteiger charge is 2.41. The van der Waals surface area contributed by atoms with Crippen LogP contribution < -0.4 is 5.73 Å². The minimum absolute atomic E-state index is 0.0938. The van der Waals surface area contributed by atoms with Crippen LogP contribution in [0.2, 0.25) is 0 Å². The standard InChI is InChI=1S/C14H27NO/c1-2-3-4-5-6-7-9-13(16)14(12-15)10-8-11-14/h2-12,15H2,1H3. The summed E-state index contributed by atoms with van der Waals surface area (Å²) < 4.78 is 0. The molecule has 0 atom stereocenters. The van der Waals surface area contributed by atoms with Crippen LogP contribution >= 0.6 is 0 Å². The first-order valence-corrected chi connectivity index (χ1v) is 6.98. The van der Waals surface area contributed by atoms with Crippen molar-refractivity contribution in [1.82, 2.24) is 0 Å². The summed E-state index contributed by atoms with van der Waals surface area (Å²) in [5.74, 6) is 0.441. The maximum Gasteiger partial charge on any atom is 0.140 e. The lowest BCUT2D eigenvalue weighted by Crippen LogP contribution is -2.44. The van der Waals surface area contributed by atoms with E-state index in [1.807, 2.05) is 0 Å². The predicted molar refractivity (Wildman–Crippen MR) is 68.3 cm³/mol. The van der Waals surface area contributed by atoms with Crippen LogP contribution in [0.15, 0.2) is 0 Å². The molecule has 16 heavy (non-hydrogen) atoms. The van der Waals surface area contributed by atoms with E-state index < -0.39 is 0 Å². The highest BCUT2D eigenvalue weighted by Crippen LogP contribution is 2.41. The lowest BCUT2D eigenvalue weighted by molar-refractivity contribution is -0.132. The fourth-order valence-corrected chi connectivity index (χ4v) is 2.53. The van der Waals surface area contributed by atoms with Crippen LogP contribution in [0, 0.1) is 5.41 Å². The van der Waals surface area contributed by atoms with Gasteiger partial charge in [0.1, 0.15) is 5.78 Å². The molecule has 1 rings (SSSR count). The van der Waals surface area contributed by atoms with Gasteiger partial charge >= 0.3 is 0 Å². The van der Waals surface area contributed by atoms with E-state index >= 15 is 0 Å². The summed E-state index contributed by atoms with van der Waals surface area (Å²) in [6.45, 7) is 2.80. The van der Waals surface area contributed by atoms with Gasteiger partial charge in [-0.1, -0.05) is 45.4 Å². The van der Waals surface area contributed by atoms with Crippen molar-refractivity contribution in [2.75, 3.05) is 6.54 Å². The lowest BCUT2D eigenvalue weighted by Gasteiger charge is -2.39. The Bertz CT molecular complexity index is 203. The van der Waals surface area contributed by atoms with Gasteiger partial charge in [-0.2, -0.15) is 0 Å². The maximum absolute atomic E-state index is 12.0. The molecule has 0 heterocycles. The largest absolute Gasteiger partial charge is 0.329 e. The van der Waals surface area contributed by atoms with Crippen LogP contribution in [0.4, 0.5) is 0 Å². The molecule has 0 saturated heterocycles. The second-order valence-corrected chi connectivity index (χ2v) is 5.28. The molecule has 0 unspecified atom stereocenters. The third-order valence-electron chi connectivity index (χ3n) is 4.05. The minimum atomic E-state index is -0.0938. The Morgan fingerprint density at radius 2 is 1.75 bits per heavy atom. The quantitative estimate of drug-likeness (QED) is 0.611. The third kappa shape index (κ3) is 3.58. The van der Waals surface area contributed by atoms with Gasteiger partial charge in [-0.3, -0.25) is 4.79 Å². The molecule has 0 spiro atoms. The van der Waals surface area contributed by atoms with Crippen molar-refractivity contribution in [3.05, 3.63) is 0 Å². The smallest absolute Gasteiger partial charge is 0.140 e. The minimum Gasteiger partial charge on any atom is -0.329 e. The van der Waals surface area contributed by atoms with Crippen molar-refractivity contribution in [3.63, 3.8) is 0 Å². The van der Waals surface area contributed by atoms with E-state index in [0.717, 1.165) is 25.7 Å². The Hall–Kier alpha value is -0.370. The van der Waals surface area contributed by atoms with Crippen molar-refractivity contribution < 1.29 is 4.79 Å². The number of rotatable bonds is 9. The zero-order chi connectivity index (χ0) is 11.9. The summed E-state index contributed by atoms with van der Waals surface area (Å²) in [5.41, 5.74) is 5.62. The molecule has 1 saturated carbocycles. The first-order valence-electron chi connectivity index (χ1n) is 6.98. The van der Waals surface area contributed by atoms with Crippen molar-refractivity contribution in [1.29, 1.82) is 0 Å². The lowest BCUT2D eigenvalue weighted by atomic mass is 9.65. The Kier molecular flexibility index (Phi) is 6.04. The number of hydrogen-bond acceptors (Lipinski definition) is 2. The van der Waals surface area contributed by atoms with Crippen molar-refractivity contribution >= 4 is 5.78 Å². The monoisotopic (exact) mass is 225 g/mol. The second-order valence-electron chi connectivity index (χ2n) is 5.28. The Morgan fingerprint density at radius 3 is 2.25 bits per heavy atom. The molecule has 2 N–H and O–H groups in total. The molecule has 0 aromatic carbocycles. The van der Waals surface area contributed by atoms with E-state index in [1.165, 1.54) is 38.5 Å². The van der Waals surface area contributed by atoms with Crippen molar-refractivity contribution in [2.45, 2.75) is 71.1 Å². The second kappa shape index (κ2) is 7.05. The van der Waals surface area contributed by atoms with Gasteiger partial charge in [0.05, 0.1) is 0 Å². The van der Waals surface area contributed by atoms with Gasteiger partial charge in [-0.05, 0) is 19.3 Å². The van der Waals surface area contributed by atoms with E-state index in [2.05, 4.69) is 6.92 Å². The number of hydrogen-bond donors (Lipinski definition) is 1. The number of nitrogens with two attached hydrogens (primary N) is 1. The number of unbranched alkanes of at least 4 members (excludes halogenated alkanes) is 5. The van der Waals surface area contributed by atoms with Gasteiger partial charge in [0.15, 0.2) is 0 Å².